The second-order valence-corrected chi connectivity index (χ2v) is 5.01. The summed E-state index contributed by atoms with van der Waals surface area (Å²) in [5.41, 5.74) is 0. The zero-order valence-corrected chi connectivity index (χ0v) is 10.3. The summed E-state index contributed by atoms with van der Waals surface area (Å²) >= 11 is 0. The van der Waals surface area contributed by atoms with E-state index in [9.17, 15) is 8.42 Å². The summed E-state index contributed by atoms with van der Waals surface area (Å²) in [5.74, 6) is 0.0624. The van der Waals surface area contributed by atoms with Gasteiger partial charge in [0.2, 0.25) is 10.0 Å². The molecule has 0 saturated carbocycles. The fraction of sp³-hybridized carbons (Fsp3) is 1.00. The highest BCUT2D eigenvalue weighted by molar-refractivity contribution is 7.89. The van der Waals surface area contributed by atoms with Crippen molar-refractivity contribution in [3.8, 4) is 0 Å². The molecule has 92 valence electrons. The van der Waals surface area contributed by atoms with Crippen molar-refractivity contribution in [2.45, 2.75) is 6.10 Å². The molecule has 15 heavy (non-hydrogen) atoms. The summed E-state index contributed by atoms with van der Waals surface area (Å²) in [6, 6.07) is 0. The molecule has 0 aliphatic heterocycles. The van der Waals surface area contributed by atoms with Gasteiger partial charge in [-0.05, 0) is 7.05 Å². The standard InChI is InChI=1S/C8H20N2O4S/c1-9-4-5-15(11,12)10-6-8(14-3)7-13-2/h8-10H,4-7H2,1-3H3. The van der Waals surface area contributed by atoms with Gasteiger partial charge in [-0.1, -0.05) is 0 Å². The summed E-state index contributed by atoms with van der Waals surface area (Å²) < 4.78 is 35.1. The molecule has 0 aliphatic carbocycles. The number of sulfonamides is 1. The predicted molar refractivity (Wildman–Crippen MR) is 58.4 cm³/mol. The van der Waals surface area contributed by atoms with Crippen molar-refractivity contribution < 1.29 is 17.9 Å². The van der Waals surface area contributed by atoms with Crippen LogP contribution in [0.15, 0.2) is 0 Å². The van der Waals surface area contributed by atoms with Gasteiger partial charge in [0.15, 0.2) is 0 Å². The van der Waals surface area contributed by atoms with Gasteiger partial charge in [-0.3, -0.25) is 0 Å². The molecule has 0 aliphatic rings. The topological polar surface area (TPSA) is 76.7 Å². The van der Waals surface area contributed by atoms with E-state index in [2.05, 4.69) is 10.0 Å². The molecular formula is C8H20N2O4S. The third kappa shape index (κ3) is 7.69. The van der Waals surface area contributed by atoms with Crippen molar-refractivity contribution in [2.75, 3.05) is 46.7 Å². The quantitative estimate of drug-likeness (QED) is 0.529. The first kappa shape index (κ1) is 14.8. The van der Waals surface area contributed by atoms with Crippen LogP contribution in [0.2, 0.25) is 0 Å². The van der Waals surface area contributed by atoms with E-state index in [1.807, 2.05) is 0 Å². The predicted octanol–water partition coefficient (Wildman–Crippen LogP) is -1.21. The van der Waals surface area contributed by atoms with Crippen molar-refractivity contribution in [3.63, 3.8) is 0 Å². The molecule has 0 heterocycles. The maximum Gasteiger partial charge on any atom is 0.212 e. The Morgan fingerprint density at radius 3 is 2.47 bits per heavy atom. The van der Waals surface area contributed by atoms with Gasteiger partial charge in [-0.2, -0.15) is 0 Å². The molecule has 1 atom stereocenters. The van der Waals surface area contributed by atoms with Crippen LogP contribution >= 0.6 is 0 Å². The monoisotopic (exact) mass is 240 g/mol. The molecule has 0 radical (unpaired) electrons. The molecule has 0 amide bonds. The summed E-state index contributed by atoms with van der Waals surface area (Å²) in [4.78, 5) is 0. The van der Waals surface area contributed by atoms with Crippen LogP contribution in [0, 0.1) is 0 Å². The summed E-state index contributed by atoms with van der Waals surface area (Å²) in [6.07, 6.45) is -0.251. The highest BCUT2D eigenvalue weighted by Crippen LogP contribution is 1.91. The number of ether oxygens (including phenoxy) is 2. The van der Waals surface area contributed by atoms with Gasteiger partial charge in [0.25, 0.3) is 0 Å². The van der Waals surface area contributed by atoms with E-state index in [4.69, 9.17) is 9.47 Å². The van der Waals surface area contributed by atoms with Gasteiger partial charge in [0, 0.05) is 27.3 Å². The van der Waals surface area contributed by atoms with Crippen molar-refractivity contribution in [1.29, 1.82) is 0 Å². The van der Waals surface area contributed by atoms with Crippen LogP contribution in [0.25, 0.3) is 0 Å². The molecule has 0 aromatic heterocycles. The fourth-order valence-electron chi connectivity index (χ4n) is 0.925. The number of hydrogen-bond donors (Lipinski definition) is 2. The molecule has 0 spiro atoms. The molecule has 0 aromatic rings. The molecule has 0 bridgehead atoms. The fourth-order valence-corrected chi connectivity index (χ4v) is 1.98. The molecule has 0 rings (SSSR count). The first-order valence-corrected chi connectivity index (χ1v) is 6.34. The van der Waals surface area contributed by atoms with E-state index < -0.39 is 10.0 Å². The average Bonchev–Trinajstić information content (AvgIpc) is 2.21. The summed E-state index contributed by atoms with van der Waals surface area (Å²) in [7, 11) is 1.55. The number of hydrogen-bond acceptors (Lipinski definition) is 5. The molecule has 1 unspecified atom stereocenters. The van der Waals surface area contributed by atoms with Gasteiger partial charge in [-0.25, -0.2) is 13.1 Å². The number of nitrogens with one attached hydrogen (secondary N) is 2. The van der Waals surface area contributed by atoms with Gasteiger partial charge in [0.1, 0.15) is 0 Å². The second-order valence-electron chi connectivity index (χ2n) is 3.08. The molecule has 6 nitrogen and oxygen atoms in total. The van der Waals surface area contributed by atoms with Crippen LogP contribution in [0.5, 0.6) is 0 Å². The third-order valence-corrected chi connectivity index (χ3v) is 3.19. The maximum absolute atomic E-state index is 11.4. The van der Waals surface area contributed by atoms with Crippen LogP contribution in [0.3, 0.4) is 0 Å². The second kappa shape index (κ2) is 8.00. The Kier molecular flexibility index (Phi) is 7.89. The maximum atomic E-state index is 11.4. The average molecular weight is 240 g/mol. The Morgan fingerprint density at radius 1 is 1.33 bits per heavy atom. The summed E-state index contributed by atoms with van der Waals surface area (Å²) in [6.45, 7) is 1.03. The van der Waals surface area contributed by atoms with E-state index in [-0.39, 0.29) is 18.4 Å². The Balaban J connectivity index is 3.90. The molecule has 0 saturated heterocycles. The van der Waals surface area contributed by atoms with E-state index in [0.29, 0.717) is 13.2 Å². The van der Waals surface area contributed by atoms with E-state index >= 15 is 0 Å². The highest BCUT2D eigenvalue weighted by atomic mass is 32.2. The summed E-state index contributed by atoms with van der Waals surface area (Å²) in [5, 5.41) is 2.78. The lowest BCUT2D eigenvalue weighted by Gasteiger charge is -2.15. The van der Waals surface area contributed by atoms with Crippen molar-refractivity contribution in [2.24, 2.45) is 0 Å². The van der Waals surface area contributed by atoms with Crippen LogP contribution < -0.4 is 10.0 Å². The molecule has 0 aromatic carbocycles. The third-order valence-electron chi connectivity index (χ3n) is 1.84. The van der Waals surface area contributed by atoms with Crippen LogP contribution in [0.4, 0.5) is 0 Å². The first-order chi connectivity index (χ1) is 7.05. The smallest absolute Gasteiger partial charge is 0.212 e. The van der Waals surface area contributed by atoms with Gasteiger partial charge >= 0.3 is 0 Å². The Labute approximate surface area is 91.4 Å². The lowest BCUT2D eigenvalue weighted by molar-refractivity contribution is 0.0320. The van der Waals surface area contributed by atoms with Crippen molar-refractivity contribution in [1.82, 2.24) is 10.0 Å². The zero-order chi connectivity index (χ0) is 11.7. The minimum absolute atomic E-state index is 0.0624. The van der Waals surface area contributed by atoms with Gasteiger partial charge < -0.3 is 14.8 Å². The van der Waals surface area contributed by atoms with Crippen molar-refractivity contribution in [3.05, 3.63) is 0 Å². The number of methoxy groups -OCH3 is 2. The molecule has 0 fully saturated rings. The first-order valence-electron chi connectivity index (χ1n) is 4.69. The molecular weight excluding hydrogens is 220 g/mol. The minimum atomic E-state index is -3.22. The van der Waals surface area contributed by atoms with Crippen molar-refractivity contribution >= 4 is 10.0 Å². The zero-order valence-electron chi connectivity index (χ0n) is 9.45. The van der Waals surface area contributed by atoms with Gasteiger partial charge in [-0.15, -0.1) is 0 Å². The lowest BCUT2D eigenvalue weighted by atomic mass is 10.4. The highest BCUT2D eigenvalue weighted by Gasteiger charge is 2.13. The Bertz CT molecular complexity index is 243. The molecule has 7 heteroatoms. The Morgan fingerprint density at radius 2 is 2.00 bits per heavy atom. The van der Waals surface area contributed by atoms with E-state index in [1.165, 1.54) is 7.11 Å². The number of rotatable bonds is 9. The molecule has 2 N–H and O–H groups in total. The lowest BCUT2D eigenvalue weighted by Crippen LogP contribution is -2.38. The van der Waals surface area contributed by atoms with E-state index in [0.717, 1.165) is 0 Å². The van der Waals surface area contributed by atoms with E-state index in [1.54, 1.807) is 14.2 Å². The van der Waals surface area contributed by atoms with Crippen LogP contribution in [0.1, 0.15) is 0 Å². The van der Waals surface area contributed by atoms with Crippen LogP contribution in [-0.2, 0) is 19.5 Å². The Hall–Kier alpha value is -0.210. The largest absolute Gasteiger partial charge is 0.382 e. The van der Waals surface area contributed by atoms with Gasteiger partial charge in [0.05, 0.1) is 18.5 Å². The minimum Gasteiger partial charge on any atom is -0.382 e. The SMILES string of the molecule is CNCCS(=O)(=O)NCC(COC)OC. The van der Waals surface area contributed by atoms with Crippen LogP contribution in [-0.4, -0.2) is 61.2 Å². The normalized spacial score (nSPS) is 14.1.